The van der Waals surface area contributed by atoms with Gasteiger partial charge in [-0.1, -0.05) is 30.3 Å². The van der Waals surface area contributed by atoms with Gasteiger partial charge in [-0.25, -0.2) is 14.4 Å². The van der Waals surface area contributed by atoms with Crippen LogP contribution in [-0.4, -0.2) is 17.0 Å². The fourth-order valence-corrected chi connectivity index (χ4v) is 1.44. The molecule has 0 saturated carbocycles. The fraction of sp³-hybridized carbons (Fsp3) is 0.167. The molecular formula is C12H12FN3. The van der Waals surface area contributed by atoms with Crippen molar-refractivity contribution in [1.29, 1.82) is 0 Å². The van der Waals surface area contributed by atoms with Crippen LogP contribution in [-0.2, 0) is 0 Å². The van der Waals surface area contributed by atoms with Crippen LogP contribution in [0.3, 0.4) is 0 Å². The molecular weight excluding hydrogens is 205 g/mol. The standard InChI is InChI=1S/C12H12FN3/c1-8-10(13)12(14-2)16-11(15-8)9-6-4-3-5-7-9/h3-7H,1-2H3,(H,14,15,16). The summed E-state index contributed by atoms with van der Waals surface area (Å²) in [6, 6.07) is 9.50. The number of anilines is 1. The highest BCUT2D eigenvalue weighted by Gasteiger charge is 2.10. The smallest absolute Gasteiger partial charge is 0.186 e. The van der Waals surface area contributed by atoms with Crippen LogP contribution in [0.5, 0.6) is 0 Å². The first-order valence-corrected chi connectivity index (χ1v) is 4.99. The average molecular weight is 217 g/mol. The molecule has 0 spiro atoms. The predicted molar refractivity (Wildman–Crippen MR) is 61.7 cm³/mol. The highest BCUT2D eigenvalue weighted by Crippen LogP contribution is 2.20. The van der Waals surface area contributed by atoms with Gasteiger partial charge in [0, 0.05) is 12.6 Å². The second-order valence-corrected chi connectivity index (χ2v) is 3.41. The van der Waals surface area contributed by atoms with Gasteiger partial charge in [0.05, 0.1) is 5.69 Å². The van der Waals surface area contributed by atoms with Gasteiger partial charge >= 0.3 is 0 Å². The maximum absolute atomic E-state index is 13.5. The zero-order valence-electron chi connectivity index (χ0n) is 9.16. The van der Waals surface area contributed by atoms with Gasteiger partial charge in [0.25, 0.3) is 0 Å². The Balaban J connectivity index is 2.55. The van der Waals surface area contributed by atoms with E-state index in [-0.39, 0.29) is 5.82 Å². The van der Waals surface area contributed by atoms with Crippen molar-refractivity contribution in [2.24, 2.45) is 0 Å². The molecule has 0 amide bonds. The third-order valence-electron chi connectivity index (χ3n) is 2.29. The normalized spacial score (nSPS) is 10.2. The predicted octanol–water partition coefficient (Wildman–Crippen LogP) is 2.63. The zero-order valence-corrected chi connectivity index (χ0v) is 9.16. The fourth-order valence-electron chi connectivity index (χ4n) is 1.44. The maximum Gasteiger partial charge on any atom is 0.186 e. The van der Waals surface area contributed by atoms with E-state index >= 15 is 0 Å². The summed E-state index contributed by atoms with van der Waals surface area (Å²) in [5.74, 6) is 0.359. The molecule has 4 heteroatoms. The maximum atomic E-state index is 13.5. The third-order valence-corrected chi connectivity index (χ3v) is 2.29. The number of halogens is 1. The van der Waals surface area contributed by atoms with Gasteiger partial charge in [-0.05, 0) is 6.92 Å². The van der Waals surface area contributed by atoms with Crippen molar-refractivity contribution in [2.45, 2.75) is 6.92 Å². The Labute approximate surface area is 93.4 Å². The number of hydrogen-bond acceptors (Lipinski definition) is 3. The summed E-state index contributed by atoms with van der Waals surface area (Å²) in [6.45, 7) is 1.63. The molecule has 0 radical (unpaired) electrons. The van der Waals surface area contributed by atoms with Gasteiger partial charge in [-0.15, -0.1) is 0 Å². The van der Waals surface area contributed by atoms with E-state index in [2.05, 4.69) is 15.3 Å². The molecule has 0 aliphatic rings. The Morgan fingerprint density at radius 3 is 2.44 bits per heavy atom. The lowest BCUT2D eigenvalue weighted by Crippen LogP contribution is -2.03. The van der Waals surface area contributed by atoms with Crippen LogP contribution in [0.2, 0.25) is 0 Å². The van der Waals surface area contributed by atoms with Gasteiger partial charge in [0.15, 0.2) is 17.5 Å². The number of aromatic nitrogens is 2. The number of rotatable bonds is 2. The van der Waals surface area contributed by atoms with Gasteiger partial charge in [0.2, 0.25) is 0 Å². The molecule has 0 fully saturated rings. The monoisotopic (exact) mass is 217 g/mol. The van der Waals surface area contributed by atoms with Crippen LogP contribution < -0.4 is 5.32 Å². The Kier molecular flexibility index (Phi) is 2.81. The number of nitrogens with one attached hydrogen (secondary N) is 1. The Morgan fingerprint density at radius 1 is 1.12 bits per heavy atom. The number of benzene rings is 1. The first-order valence-electron chi connectivity index (χ1n) is 4.99. The summed E-state index contributed by atoms with van der Waals surface area (Å²) < 4.78 is 13.5. The second-order valence-electron chi connectivity index (χ2n) is 3.41. The van der Waals surface area contributed by atoms with Crippen molar-refractivity contribution in [3.8, 4) is 11.4 Å². The molecule has 0 atom stereocenters. The highest BCUT2D eigenvalue weighted by molar-refractivity contribution is 5.57. The van der Waals surface area contributed by atoms with E-state index in [1.54, 1.807) is 14.0 Å². The molecule has 0 bridgehead atoms. The van der Waals surface area contributed by atoms with E-state index < -0.39 is 5.82 Å². The summed E-state index contributed by atoms with van der Waals surface area (Å²) in [6.07, 6.45) is 0. The number of aryl methyl sites for hydroxylation is 1. The quantitative estimate of drug-likeness (QED) is 0.840. The summed E-state index contributed by atoms with van der Waals surface area (Å²) in [4.78, 5) is 8.25. The molecule has 2 rings (SSSR count). The van der Waals surface area contributed by atoms with E-state index in [1.165, 1.54) is 0 Å². The zero-order chi connectivity index (χ0) is 11.5. The van der Waals surface area contributed by atoms with Crippen LogP contribution in [0.25, 0.3) is 11.4 Å². The first kappa shape index (κ1) is 10.5. The second kappa shape index (κ2) is 4.26. The third kappa shape index (κ3) is 1.86. The van der Waals surface area contributed by atoms with Crippen LogP contribution in [0.15, 0.2) is 30.3 Å². The van der Waals surface area contributed by atoms with E-state index in [4.69, 9.17) is 0 Å². The van der Waals surface area contributed by atoms with Crippen molar-refractivity contribution in [1.82, 2.24) is 9.97 Å². The first-order chi connectivity index (χ1) is 7.72. The highest BCUT2D eigenvalue weighted by atomic mass is 19.1. The lowest BCUT2D eigenvalue weighted by molar-refractivity contribution is 0.607. The van der Waals surface area contributed by atoms with Crippen LogP contribution in [0.4, 0.5) is 10.2 Å². The van der Waals surface area contributed by atoms with Crippen molar-refractivity contribution < 1.29 is 4.39 Å². The van der Waals surface area contributed by atoms with Crippen LogP contribution >= 0.6 is 0 Å². The van der Waals surface area contributed by atoms with Crippen molar-refractivity contribution in [3.05, 3.63) is 41.8 Å². The number of nitrogens with zero attached hydrogens (tertiary/aromatic N) is 2. The van der Waals surface area contributed by atoms with Gasteiger partial charge in [-0.3, -0.25) is 0 Å². The van der Waals surface area contributed by atoms with E-state index in [0.717, 1.165) is 5.56 Å². The molecule has 16 heavy (non-hydrogen) atoms. The van der Waals surface area contributed by atoms with Gasteiger partial charge in [0.1, 0.15) is 0 Å². The Bertz CT molecular complexity index is 497. The van der Waals surface area contributed by atoms with E-state index in [9.17, 15) is 4.39 Å². The Morgan fingerprint density at radius 2 is 1.81 bits per heavy atom. The molecule has 1 aromatic carbocycles. The molecule has 1 heterocycles. The van der Waals surface area contributed by atoms with E-state index in [1.807, 2.05) is 30.3 Å². The van der Waals surface area contributed by atoms with Crippen molar-refractivity contribution in [2.75, 3.05) is 12.4 Å². The molecule has 2 aromatic rings. The minimum atomic E-state index is -0.401. The summed E-state index contributed by atoms with van der Waals surface area (Å²) in [5.41, 5.74) is 1.22. The minimum Gasteiger partial charge on any atom is -0.371 e. The Hall–Kier alpha value is -1.97. The SMILES string of the molecule is CNc1nc(-c2ccccc2)nc(C)c1F. The topological polar surface area (TPSA) is 37.8 Å². The summed E-state index contributed by atoms with van der Waals surface area (Å²) >= 11 is 0. The van der Waals surface area contributed by atoms with Crippen LogP contribution in [0, 0.1) is 12.7 Å². The molecule has 0 aliphatic carbocycles. The molecule has 1 aromatic heterocycles. The van der Waals surface area contributed by atoms with Gasteiger partial charge in [-0.2, -0.15) is 0 Å². The van der Waals surface area contributed by atoms with Gasteiger partial charge < -0.3 is 5.32 Å². The molecule has 0 unspecified atom stereocenters. The minimum absolute atomic E-state index is 0.228. The molecule has 0 aliphatic heterocycles. The molecule has 82 valence electrons. The summed E-state index contributed by atoms with van der Waals surface area (Å²) in [5, 5.41) is 2.72. The number of hydrogen-bond donors (Lipinski definition) is 1. The molecule has 3 nitrogen and oxygen atoms in total. The molecule has 0 saturated heterocycles. The average Bonchev–Trinajstić information content (AvgIpc) is 2.33. The summed E-state index contributed by atoms with van der Waals surface area (Å²) in [7, 11) is 1.64. The van der Waals surface area contributed by atoms with E-state index in [0.29, 0.717) is 11.5 Å². The molecule has 1 N–H and O–H groups in total. The lowest BCUT2D eigenvalue weighted by atomic mass is 10.2. The van der Waals surface area contributed by atoms with Crippen LogP contribution in [0.1, 0.15) is 5.69 Å². The largest absolute Gasteiger partial charge is 0.371 e. The van der Waals surface area contributed by atoms with Crippen molar-refractivity contribution in [3.63, 3.8) is 0 Å². The van der Waals surface area contributed by atoms with Crippen molar-refractivity contribution >= 4 is 5.82 Å². The lowest BCUT2D eigenvalue weighted by Gasteiger charge is -2.07.